The Balaban J connectivity index is 0.00000256. The molecule has 2 aromatic heterocycles. The fraction of sp³-hybridized carbons (Fsp3) is 0.421. The number of aryl methyl sites for hydroxylation is 1. The van der Waals surface area contributed by atoms with Crippen LogP contribution in [0.3, 0.4) is 0 Å². The number of halogens is 3. The Labute approximate surface area is 182 Å². The average Bonchev–Trinajstić information content (AvgIpc) is 3.32. The summed E-state index contributed by atoms with van der Waals surface area (Å²) in [5.74, 6) is -1.76. The van der Waals surface area contributed by atoms with Gasteiger partial charge in [-0.05, 0) is 19.4 Å². The molecule has 0 unspecified atom stereocenters. The second kappa shape index (κ2) is 9.78. The monoisotopic (exact) mass is 458 g/mol. The van der Waals surface area contributed by atoms with E-state index in [-0.39, 0.29) is 23.7 Å². The van der Waals surface area contributed by atoms with Gasteiger partial charge in [-0.1, -0.05) is 16.5 Å². The Bertz CT molecular complexity index is 1020. The number of nitrogens with zero attached hydrogens (tertiary/aromatic N) is 4. The number of morpholine rings is 1. The molecular weight excluding hydrogens is 438 g/mol. The van der Waals surface area contributed by atoms with Crippen LogP contribution in [0.1, 0.15) is 22.7 Å². The van der Waals surface area contributed by atoms with Gasteiger partial charge < -0.3 is 9.26 Å². The summed E-state index contributed by atoms with van der Waals surface area (Å²) in [4.78, 5) is 21.0. The largest absolute Gasteiger partial charge is 0.379 e. The summed E-state index contributed by atoms with van der Waals surface area (Å²) in [6.45, 7) is 5.96. The van der Waals surface area contributed by atoms with E-state index in [1.807, 2.05) is 0 Å². The molecule has 0 saturated carbocycles. The Morgan fingerprint density at radius 3 is 2.73 bits per heavy atom. The molecule has 0 atom stereocenters. The molecule has 3 heterocycles. The molecule has 11 heteroatoms. The lowest BCUT2D eigenvalue weighted by atomic mass is 10.3. The zero-order valence-electron chi connectivity index (χ0n) is 16.3. The fourth-order valence-electron chi connectivity index (χ4n) is 3.22. The highest BCUT2D eigenvalue weighted by Crippen LogP contribution is 2.32. The van der Waals surface area contributed by atoms with Crippen LogP contribution in [-0.2, 0) is 4.74 Å². The summed E-state index contributed by atoms with van der Waals surface area (Å²) in [7, 11) is 0. The number of rotatable bonds is 6. The van der Waals surface area contributed by atoms with Gasteiger partial charge in [0.1, 0.15) is 11.3 Å². The Kier molecular flexibility index (Phi) is 7.35. The van der Waals surface area contributed by atoms with Crippen molar-refractivity contribution in [2.75, 3.05) is 44.3 Å². The highest BCUT2D eigenvalue weighted by molar-refractivity contribution is 7.22. The van der Waals surface area contributed by atoms with Gasteiger partial charge in [0.05, 0.1) is 23.6 Å². The molecule has 1 aromatic carbocycles. The van der Waals surface area contributed by atoms with Crippen molar-refractivity contribution in [2.45, 2.75) is 13.3 Å². The standard InChI is InChI=1S/C19H20F2N4O3S.ClH/c1-12-9-15(28-23-12)18(26)25(4-2-3-24-5-7-27-8-6-24)19-22-17-14(21)10-13(20)11-16(17)29-19;/h9-11H,2-8H2,1H3;1H. The molecule has 1 saturated heterocycles. The van der Waals surface area contributed by atoms with E-state index in [2.05, 4.69) is 15.0 Å². The minimum Gasteiger partial charge on any atom is -0.379 e. The van der Waals surface area contributed by atoms with Crippen LogP contribution in [0.15, 0.2) is 22.7 Å². The molecule has 0 aliphatic carbocycles. The molecule has 1 amide bonds. The molecule has 3 aromatic rings. The van der Waals surface area contributed by atoms with Gasteiger partial charge in [0, 0.05) is 38.3 Å². The first kappa shape index (κ1) is 22.5. The lowest BCUT2D eigenvalue weighted by molar-refractivity contribution is 0.0376. The summed E-state index contributed by atoms with van der Waals surface area (Å²) >= 11 is 1.07. The zero-order chi connectivity index (χ0) is 20.4. The van der Waals surface area contributed by atoms with Crippen molar-refractivity contribution in [1.82, 2.24) is 15.0 Å². The summed E-state index contributed by atoms with van der Waals surface area (Å²) < 4.78 is 38.5. The summed E-state index contributed by atoms with van der Waals surface area (Å²) in [6, 6.07) is 3.55. The molecule has 1 aliphatic rings. The third-order valence-electron chi connectivity index (χ3n) is 4.68. The lowest BCUT2D eigenvalue weighted by Crippen LogP contribution is -2.39. The molecule has 0 radical (unpaired) electrons. The Morgan fingerprint density at radius 1 is 1.27 bits per heavy atom. The van der Waals surface area contributed by atoms with Crippen molar-refractivity contribution in [3.05, 3.63) is 41.3 Å². The van der Waals surface area contributed by atoms with Crippen LogP contribution in [-0.4, -0.2) is 60.3 Å². The van der Waals surface area contributed by atoms with E-state index in [4.69, 9.17) is 9.26 Å². The van der Waals surface area contributed by atoms with Crippen LogP contribution in [0.25, 0.3) is 10.2 Å². The first-order valence-electron chi connectivity index (χ1n) is 9.32. The molecule has 0 bridgehead atoms. The quantitative estimate of drug-likeness (QED) is 0.561. The zero-order valence-corrected chi connectivity index (χ0v) is 17.9. The second-order valence-electron chi connectivity index (χ2n) is 6.83. The first-order chi connectivity index (χ1) is 14.0. The van der Waals surface area contributed by atoms with E-state index in [0.717, 1.165) is 37.0 Å². The number of hydrogen-bond acceptors (Lipinski definition) is 7. The lowest BCUT2D eigenvalue weighted by Gasteiger charge is -2.27. The molecule has 1 aliphatic heterocycles. The number of fused-ring (bicyclic) bond motifs is 1. The number of aromatic nitrogens is 2. The van der Waals surface area contributed by atoms with Gasteiger partial charge in [-0.2, -0.15) is 0 Å². The van der Waals surface area contributed by atoms with E-state index in [0.29, 0.717) is 41.7 Å². The summed E-state index contributed by atoms with van der Waals surface area (Å²) in [5.41, 5.74) is 0.630. The van der Waals surface area contributed by atoms with Crippen molar-refractivity contribution < 1.29 is 22.8 Å². The third kappa shape index (κ3) is 4.94. The van der Waals surface area contributed by atoms with Crippen LogP contribution in [0.4, 0.5) is 13.9 Å². The van der Waals surface area contributed by atoms with Crippen LogP contribution >= 0.6 is 23.7 Å². The van der Waals surface area contributed by atoms with Gasteiger partial charge in [-0.15, -0.1) is 12.4 Å². The molecule has 1 fully saturated rings. The van der Waals surface area contributed by atoms with Gasteiger partial charge >= 0.3 is 0 Å². The van der Waals surface area contributed by atoms with Gasteiger partial charge in [0.2, 0.25) is 5.76 Å². The SMILES string of the molecule is Cc1cc(C(=O)N(CCCN2CCOCC2)c2nc3c(F)cc(F)cc3s2)on1.Cl. The second-order valence-corrected chi connectivity index (χ2v) is 7.84. The van der Waals surface area contributed by atoms with Crippen molar-refractivity contribution in [2.24, 2.45) is 0 Å². The number of benzene rings is 1. The normalized spacial score (nSPS) is 14.6. The molecular formula is C19H21ClF2N4O3S. The molecule has 4 rings (SSSR count). The van der Waals surface area contributed by atoms with Crippen LogP contribution in [0.2, 0.25) is 0 Å². The van der Waals surface area contributed by atoms with Gasteiger partial charge in [-0.3, -0.25) is 14.6 Å². The average molecular weight is 459 g/mol. The van der Waals surface area contributed by atoms with Gasteiger partial charge in [-0.25, -0.2) is 13.8 Å². The van der Waals surface area contributed by atoms with Gasteiger partial charge in [0.25, 0.3) is 5.91 Å². The highest BCUT2D eigenvalue weighted by atomic mass is 35.5. The maximum absolute atomic E-state index is 14.1. The first-order valence-corrected chi connectivity index (χ1v) is 10.1. The van der Waals surface area contributed by atoms with E-state index >= 15 is 0 Å². The number of carbonyl (C=O) groups is 1. The minimum atomic E-state index is -0.751. The number of amides is 1. The number of ether oxygens (including phenoxy) is 1. The summed E-state index contributed by atoms with van der Waals surface area (Å²) in [5, 5.41) is 4.06. The smallest absolute Gasteiger partial charge is 0.298 e. The van der Waals surface area contributed by atoms with Crippen molar-refractivity contribution in [3.8, 4) is 0 Å². The maximum atomic E-state index is 14.1. The number of thiazole rings is 1. The van der Waals surface area contributed by atoms with E-state index in [1.165, 1.54) is 11.0 Å². The molecule has 0 N–H and O–H groups in total. The molecule has 162 valence electrons. The topological polar surface area (TPSA) is 71.7 Å². The van der Waals surface area contributed by atoms with E-state index in [9.17, 15) is 13.6 Å². The highest BCUT2D eigenvalue weighted by Gasteiger charge is 2.25. The Morgan fingerprint density at radius 2 is 2.03 bits per heavy atom. The molecule has 30 heavy (non-hydrogen) atoms. The predicted molar refractivity (Wildman–Crippen MR) is 112 cm³/mol. The van der Waals surface area contributed by atoms with Crippen LogP contribution in [0.5, 0.6) is 0 Å². The fourth-order valence-corrected chi connectivity index (χ4v) is 4.25. The number of carbonyl (C=O) groups excluding carboxylic acids is 1. The van der Waals surface area contributed by atoms with Crippen LogP contribution < -0.4 is 4.90 Å². The maximum Gasteiger partial charge on any atom is 0.298 e. The van der Waals surface area contributed by atoms with Crippen LogP contribution in [0, 0.1) is 18.6 Å². The third-order valence-corrected chi connectivity index (χ3v) is 5.70. The Hall–Kier alpha value is -2.14. The molecule has 0 spiro atoms. The van der Waals surface area contributed by atoms with Crippen molar-refractivity contribution >= 4 is 45.0 Å². The van der Waals surface area contributed by atoms with Crippen molar-refractivity contribution in [3.63, 3.8) is 0 Å². The summed E-state index contributed by atoms with van der Waals surface area (Å²) in [6.07, 6.45) is 0.686. The number of hydrogen-bond donors (Lipinski definition) is 0. The minimum absolute atomic E-state index is 0. The van der Waals surface area contributed by atoms with E-state index in [1.54, 1.807) is 13.0 Å². The predicted octanol–water partition coefficient (Wildman–Crippen LogP) is 3.66. The van der Waals surface area contributed by atoms with Gasteiger partial charge in [0.15, 0.2) is 10.9 Å². The van der Waals surface area contributed by atoms with E-state index < -0.39 is 17.5 Å². The van der Waals surface area contributed by atoms with Crippen molar-refractivity contribution in [1.29, 1.82) is 0 Å². The molecule has 7 nitrogen and oxygen atoms in total. The number of anilines is 1.